The van der Waals surface area contributed by atoms with Gasteiger partial charge in [-0.25, -0.2) is 0 Å². The van der Waals surface area contributed by atoms with Gasteiger partial charge in [0.2, 0.25) is 0 Å². The van der Waals surface area contributed by atoms with E-state index in [9.17, 15) is 0 Å². The number of aliphatic hydroxyl groups is 1. The molecule has 0 aromatic carbocycles. The zero-order valence-corrected chi connectivity index (χ0v) is 5.22. The molecule has 1 atom stereocenters. The van der Waals surface area contributed by atoms with E-state index in [1.54, 1.807) is 0 Å². The van der Waals surface area contributed by atoms with Crippen molar-refractivity contribution in [1.82, 2.24) is 0 Å². The molecular weight excluding hydrogens is 100 g/mol. The molecule has 1 heteroatoms. The summed E-state index contributed by atoms with van der Waals surface area (Å²) in [6.45, 7) is 2.48. The SMILES string of the molecule is CC1CC=C(CO)C1. The van der Waals surface area contributed by atoms with Crippen LogP contribution in [0.15, 0.2) is 11.6 Å². The lowest BCUT2D eigenvalue weighted by molar-refractivity contribution is 0.325. The zero-order valence-electron chi connectivity index (χ0n) is 5.22. The van der Waals surface area contributed by atoms with Crippen LogP contribution in [0.2, 0.25) is 0 Å². The van der Waals surface area contributed by atoms with Crippen molar-refractivity contribution >= 4 is 0 Å². The zero-order chi connectivity index (χ0) is 5.98. The Morgan fingerprint density at radius 1 is 1.88 bits per heavy atom. The van der Waals surface area contributed by atoms with Gasteiger partial charge >= 0.3 is 0 Å². The van der Waals surface area contributed by atoms with Gasteiger partial charge in [0.15, 0.2) is 0 Å². The summed E-state index contributed by atoms with van der Waals surface area (Å²) in [4.78, 5) is 0. The molecular formula is C7H12O. The van der Waals surface area contributed by atoms with Gasteiger partial charge in [0.25, 0.3) is 0 Å². The third kappa shape index (κ3) is 1.10. The molecule has 1 rings (SSSR count). The molecule has 0 bridgehead atoms. The second-order valence-corrected chi connectivity index (χ2v) is 2.57. The summed E-state index contributed by atoms with van der Waals surface area (Å²) in [6.07, 6.45) is 4.41. The lowest BCUT2D eigenvalue weighted by Gasteiger charge is -1.97. The van der Waals surface area contributed by atoms with E-state index in [0.29, 0.717) is 0 Å². The van der Waals surface area contributed by atoms with Gasteiger partial charge in [0, 0.05) is 0 Å². The van der Waals surface area contributed by atoms with Crippen molar-refractivity contribution in [2.75, 3.05) is 6.61 Å². The molecule has 8 heavy (non-hydrogen) atoms. The molecule has 0 spiro atoms. The molecule has 0 saturated carbocycles. The Bertz CT molecular complexity index is 105. The first-order valence-electron chi connectivity index (χ1n) is 3.11. The fourth-order valence-electron chi connectivity index (χ4n) is 1.11. The molecule has 0 amide bonds. The van der Waals surface area contributed by atoms with Crippen LogP contribution in [0.5, 0.6) is 0 Å². The van der Waals surface area contributed by atoms with E-state index >= 15 is 0 Å². The quantitative estimate of drug-likeness (QED) is 0.507. The Morgan fingerprint density at radius 2 is 2.62 bits per heavy atom. The summed E-state index contributed by atoms with van der Waals surface area (Å²) < 4.78 is 0. The van der Waals surface area contributed by atoms with Crippen LogP contribution in [-0.2, 0) is 0 Å². The summed E-state index contributed by atoms with van der Waals surface area (Å²) in [5.41, 5.74) is 1.22. The minimum absolute atomic E-state index is 0.268. The van der Waals surface area contributed by atoms with Gasteiger partial charge in [-0.15, -0.1) is 0 Å². The normalized spacial score (nSPS) is 28.2. The second-order valence-electron chi connectivity index (χ2n) is 2.57. The van der Waals surface area contributed by atoms with Crippen LogP contribution < -0.4 is 0 Å². The highest BCUT2D eigenvalue weighted by Gasteiger charge is 2.09. The van der Waals surface area contributed by atoms with Crippen LogP contribution in [0.25, 0.3) is 0 Å². The molecule has 0 aromatic heterocycles. The van der Waals surface area contributed by atoms with E-state index < -0.39 is 0 Å². The third-order valence-corrected chi connectivity index (χ3v) is 1.62. The van der Waals surface area contributed by atoms with E-state index in [2.05, 4.69) is 13.0 Å². The highest BCUT2D eigenvalue weighted by molar-refractivity contribution is 5.09. The molecule has 1 N–H and O–H groups in total. The molecule has 0 aromatic rings. The molecule has 46 valence electrons. The van der Waals surface area contributed by atoms with Gasteiger partial charge < -0.3 is 5.11 Å². The van der Waals surface area contributed by atoms with Crippen molar-refractivity contribution in [3.05, 3.63) is 11.6 Å². The lowest BCUT2D eigenvalue weighted by Crippen LogP contribution is -1.89. The Hall–Kier alpha value is -0.300. The maximum atomic E-state index is 8.62. The van der Waals surface area contributed by atoms with Crippen LogP contribution in [0.1, 0.15) is 19.8 Å². The van der Waals surface area contributed by atoms with Crippen molar-refractivity contribution in [1.29, 1.82) is 0 Å². The van der Waals surface area contributed by atoms with Crippen LogP contribution in [0.4, 0.5) is 0 Å². The number of hydrogen-bond acceptors (Lipinski definition) is 1. The van der Waals surface area contributed by atoms with Gasteiger partial charge in [0.1, 0.15) is 0 Å². The summed E-state index contributed by atoms with van der Waals surface area (Å²) >= 11 is 0. The highest BCUT2D eigenvalue weighted by Crippen LogP contribution is 2.22. The first-order chi connectivity index (χ1) is 3.83. The standard InChI is InChI=1S/C7H12O/c1-6-2-3-7(4-6)5-8/h3,6,8H,2,4-5H2,1H3. The number of rotatable bonds is 1. The van der Waals surface area contributed by atoms with E-state index in [-0.39, 0.29) is 6.61 Å². The topological polar surface area (TPSA) is 20.2 Å². The first-order valence-corrected chi connectivity index (χ1v) is 3.11. The molecule has 0 saturated heterocycles. The molecule has 0 radical (unpaired) electrons. The van der Waals surface area contributed by atoms with Gasteiger partial charge in [-0.05, 0) is 24.3 Å². The fraction of sp³-hybridized carbons (Fsp3) is 0.714. The monoisotopic (exact) mass is 112 g/mol. The number of hydrogen-bond donors (Lipinski definition) is 1. The predicted octanol–water partition coefficient (Wildman–Crippen LogP) is 1.33. The summed E-state index contributed by atoms with van der Waals surface area (Å²) in [7, 11) is 0. The van der Waals surface area contributed by atoms with E-state index in [1.165, 1.54) is 5.57 Å². The van der Waals surface area contributed by atoms with E-state index in [1.807, 2.05) is 0 Å². The summed E-state index contributed by atoms with van der Waals surface area (Å²) in [6, 6.07) is 0. The van der Waals surface area contributed by atoms with Crippen LogP contribution in [0.3, 0.4) is 0 Å². The van der Waals surface area contributed by atoms with Crippen LogP contribution >= 0.6 is 0 Å². The molecule has 1 aliphatic rings. The van der Waals surface area contributed by atoms with Gasteiger partial charge in [-0.1, -0.05) is 13.0 Å². The summed E-state index contributed by atoms with van der Waals surface area (Å²) in [5, 5.41) is 8.62. The van der Waals surface area contributed by atoms with Crippen molar-refractivity contribution in [3.63, 3.8) is 0 Å². The number of aliphatic hydroxyl groups excluding tert-OH is 1. The predicted molar refractivity (Wildman–Crippen MR) is 33.6 cm³/mol. The highest BCUT2D eigenvalue weighted by atomic mass is 16.3. The largest absolute Gasteiger partial charge is 0.392 e. The van der Waals surface area contributed by atoms with Crippen molar-refractivity contribution in [3.8, 4) is 0 Å². The van der Waals surface area contributed by atoms with Crippen LogP contribution in [0, 0.1) is 5.92 Å². The van der Waals surface area contributed by atoms with E-state index in [0.717, 1.165) is 18.8 Å². The molecule has 1 nitrogen and oxygen atoms in total. The third-order valence-electron chi connectivity index (χ3n) is 1.62. The Kier molecular flexibility index (Phi) is 1.69. The molecule has 1 aliphatic carbocycles. The first kappa shape index (κ1) is 5.83. The second kappa shape index (κ2) is 2.31. The fourth-order valence-corrected chi connectivity index (χ4v) is 1.11. The van der Waals surface area contributed by atoms with Crippen LogP contribution in [-0.4, -0.2) is 11.7 Å². The van der Waals surface area contributed by atoms with Gasteiger partial charge in [-0.2, -0.15) is 0 Å². The Labute approximate surface area is 50.0 Å². The smallest absolute Gasteiger partial charge is 0.0641 e. The van der Waals surface area contributed by atoms with Gasteiger partial charge in [0.05, 0.1) is 6.61 Å². The molecule has 0 heterocycles. The van der Waals surface area contributed by atoms with Crippen molar-refractivity contribution in [2.24, 2.45) is 5.92 Å². The average Bonchev–Trinajstić information content (AvgIpc) is 2.14. The van der Waals surface area contributed by atoms with Crippen molar-refractivity contribution < 1.29 is 5.11 Å². The van der Waals surface area contributed by atoms with Crippen molar-refractivity contribution in [2.45, 2.75) is 19.8 Å². The minimum atomic E-state index is 0.268. The maximum Gasteiger partial charge on any atom is 0.0641 e. The molecule has 0 fully saturated rings. The summed E-state index contributed by atoms with van der Waals surface area (Å²) in [5.74, 6) is 0.775. The van der Waals surface area contributed by atoms with Gasteiger partial charge in [-0.3, -0.25) is 0 Å². The number of allylic oxidation sites excluding steroid dienone is 1. The lowest BCUT2D eigenvalue weighted by atomic mass is 10.1. The minimum Gasteiger partial charge on any atom is -0.392 e. The maximum absolute atomic E-state index is 8.62. The Morgan fingerprint density at radius 3 is 2.88 bits per heavy atom. The average molecular weight is 112 g/mol. The Balaban J connectivity index is 2.37. The molecule has 0 aliphatic heterocycles. The van der Waals surface area contributed by atoms with E-state index in [4.69, 9.17) is 5.11 Å². The molecule has 1 unspecified atom stereocenters.